The van der Waals surface area contributed by atoms with Crippen molar-refractivity contribution >= 4 is 17.4 Å². The van der Waals surface area contributed by atoms with Crippen LogP contribution in [0.2, 0.25) is 0 Å². The Labute approximate surface area is 171 Å². The lowest BCUT2D eigenvalue weighted by atomic mass is 10.1. The summed E-state index contributed by atoms with van der Waals surface area (Å²) < 4.78 is 0. The van der Waals surface area contributed by atoms with Gasteiger partial charge in [-0.1, -0.05) is 48.5 Å². The zero-order valence-electron chi connectivity index (χ0n) is 16.4. The molecule has 2 heterocycles. The molecule has 148 valence electrons. The van der Waals surface area contributed by atoms with Crippen molar-refractivity contribution in [3.05, 3.63) is 84.1 Å². The average Bonchev–Trinajstić information content (AvgIpc) is 2.80. The topological polar surface area (TPSA) is 61.4 Å². The Hall–Kier alpha value is -3.41. The number of hydrogen-bond donors (Lipinski definition) is 1. The Balaban J connectivity index is 1.27. The van der Waals surface area contributed by atoms with Crippen molar-refractivity contribution in [2.24, 2.45) is 0 Å². The number of carbonyl (C=O) groups excluding carboxylic acids is 1. The number of rotatable bonds is 6. The third-order valence-corrected chi connectivity index (χ3v) is 5.13. The molecular formula is C23H25N5O. The third-order valence-electron chi connectivity index (χ3n) is 5.13. The lowest BCUT2D eigenvalue weighted by Crippen LogP contribution is -2.49. The monoisotopic (exact) mass is 387 g/mol. The Morgan fingerprint density at radius 3 is 2.17 bits per heavy atom. The van der Waals surface area contributed by atoms with Crippen LogP contribution < -0.4 is 10.2 Å². The summed E-state index contributed by atoms with van der Waals surface area (Å²) in [6.07, 6.45) is 0.912. The van der Waals surface area contributed by atoms with Crippen molar-refractivity contribution in [3.8, 4) is 0 Å². The smallest absolute Gasteiger partial charge is 0.274 e. The van der Waals surface area contributed by atoms with Gasteiger partial charge in [-0.3, -0.25) is 4.79 Å². The van der Waals surface area contributed by atoms with Crippen LogP contribution in [0.1, 0.15) is 16.1 Å². The molecule has 1 N–H and O–H groups in total. The average molecular weight is 387 g/mol. The molecule has 0 bridgehead atoms. The Morgan fingerprint density at radius 2 is 1.52 bits per heavy atom. The Morgan fingerprint density at radius 1 is 0.828 bits per heavy atom. The second-order valence-electron chi connectivity index (χ2n) is 7.08. The van der Waals surface area contributed by atoms with Gasteiger partial charge < -0.3 is 15.1 Å². The number of amides is 1. The first-order chi connectivity index (χ1) is 14.3. The summed E-state index contributed by atoms with van der Waals surface area (Å²) in [5.41, 5.74) is 2.87. The largest absolute Gasteiger partial charge is 0.368 e. The standard InChI is InChI=1S/C23H25N5O/c29-23(28-17-15-27(16-18-28)20-9-5-2-6-10-20)21-11-12-22(26-25-21)24-14-13-19-7-3-1-4-8-19/h1-12H,13-18H2,(H,24,26). The van der Waals surface area contributed by atoms with E-state index in [4.69, 9.17) is 0 Å². The summed E-state index contributed by atoms with van der Waals surface area (Å²) in [5, 5.41) is 11.6. The minimum Gasteiger partial charge on any atom is -0.368 e. The third kappa shape index (κ3) is 4.90. The van der Waals surface area contributed by atoms with Crippen molar-refractivity contribution in [2.75, 3.05) is 42.9 Å². The van der Waals surface area contributed by atoms with Crippen molar-refractivity contribution in [2.45, 2.75) is 6.42 Å². The number of anilines is 2. The van der Waals surface area contributed by atoms with Gasteiger partial charge in [-0.2, -0.15) is 0 Å². The summed E-state index contributed by atoms with van der Waals surface area (Å²) in [5.74, 6) is 0.632. The van der Waals surface area contributed by atoms with E-state index in [2.05, 4.69) is 44.7 Å². The van der Waals surface area contributed by atoms with E-state index in [-0.39, 0.29) is 5.91 Å². The van der Waals surface area contributed by atoms with Gasteiger partial charge in [0.15, 0.2) is 5.69 Å². The molecule has 0 radical (unpaired) electrons. The summed E-state index contributed by atoms with van der Waals surface area (Å²) >= 11 is 0. The molecule has 6 heteroatoms. The van der Waals surface area contributed by atoms with E-state index >= 15 is 0 Å². The minimum absolute atomic E-state index is 0.0546. The van der Waals surface area contributed by atoms with Crippen molar-refractivity contribution in [1.29, 1.82) is 0 Å². The van der Waals surface area contributed by atoms with Crippen LogP contribution in [0.15, 0.2) is 72.8 Å². The maximum absolute atomic E-state index is 12.7. The molecule has 4 rings (SSSR count). The fourth-order valence-corrected chi connectivity index (χ4v) is 3.49. The number of piperazine rings is 1. The summed E-state index contributed by atoms with van der Waals surface area (Å²) in [7, 11) is 0. The normalized spacial score (nSPS) is 13.9. The summed E-state index contributed by atoms with van der Waals surface area (Å²) in [6, 6.07) is 24.2. The minimum atomic E-state index is -0.0546. The highest BCUT2D eigenvalue weighted by Crippen LogP contribution is 2.16. The molecule has 0 aliphatic carbocycles. The fourth-order valence-electron chi connectivity index (χ4n) is 3.49. The number of hydrogen-bond acceptors (Lipinski definition) is 5. The highest BCUT2D eigenvalue weighted by molar-refractivity contribution is 5.92. The van der Waals surface area contributed by atoms with Crippen LogP contribution in [0.4, 0.5) is 11.5 Å². The van der Waals surface area contributed by atoms with E-state index in [1.165, 1.54) is 11.3 Å². The molecule has 0 saturated carbocycles. The van der Waals surface area contributed by atoms with E-state index in [0.717, 1.165) is 26.1 Å². The van der Waals surface area contributed by atoms with Crippen molar-refractivity contribution in [3.63, 3.8) is 0 Å². The van der Waals surface area contributed by atoms with Gasteiger partial charge in [-0.25, -0.2) is 0 Å². The van der Waals surface area contributed by atoms with E-state index in [1.807, 2.05) is 47.4 Å². The number of nitrogens with zero attached hydrogens (tertiary/aromatic N) is 4. The molecule has 1 fully saturated rings. The van der Waals surface area contributed by atoms with Crippen LogP contribution in [0.5, 0.6) is 0 Å². The first kappa shape index (κ1) is 18.9. The molecule has 1 saturated heterocycles. The molecule has 0 atom stereocenters. The number of nitrogens with one attached hydrogen (secondary N) is 1. The number of aromatic nitrogens is 2. The predicted molar refractivity (Wildman–Crippen MR) is 115 cm³/mol. The van der Waals surface area contributed by atoms with Crippen LogP contribution in [0.3, 0.4) is 0 Å². The van der Waals surface area contributed by atoms with Gasteiger partial charge in [0.1, 0.15) is 5.82 Å². The van der Waals surface area contributed by atoms with Gasteiger partial charge in [-0.05, 0) is 36.2 Å². The van der Waals surface area contributed by atoms with Crippen LogP contribution in [-0.4, -0.2) is 53.7 Å². The number of carbonyl (C=O) groups is 1. The quantitative estimate of drug-likeness (QED) is 0.704. The summed E-state index contributed by atoms with van der Waals surface area (Å²) in [6.45, 7) is 3.79. The molecule has 1 amide bonds. The maximum Gasteiger partial charge on any atom is 0.274 e. The Kier molecular flexibility index (Phi) is 6.00. The zero-order valence-corrected chi connectivity index (χ0v) is 16.4. The maximum atomic E-state index is 12.7. The van der Waals surface area contributed by atoms with Crippen molar-refractivity contribution in [1.82, 2.24) is 15.1 Å². The van der Waals surface area contributed by atoms with E-state index in [9.17, 15) is 4.79 Å². The highest BCUT2D eigenvalue weighted by Gasteiger charge is 2.23. The lowest BCUT2D eigenvalue weighted by Gasteiger charge is -2.35. The second-order valence-corrected chi connectivity index (χ2v) is 7.08. The summed E-state index contributed by atoms with van der Waals surface area (Å²) in [4.78, 5) is 16.9. The van der Waals surface area contributed by atoms with E-state index < -0.39 is 0 Å². The highest BCUT2D eigenvalue weighted by atomic mass is 16.2. The molecule has 6 nitrogen and oxygen atoms in total. The van der Waals surface area contributed by atoms with Crippen LogP contribution in [-0.2, 0) is 6.42 Å². The molecule has 0 unspecified atom stereocenters. The molecule has 0 spiro atoms. The Bertz CT molecular complexity index is 907. The molecule has 1 aromatic heterocycles. The molecule has 1 aliphatic rings. The van der Waals surface area contributed by atoms with E-state index in [1.54, 1.807) is 6.07 Å². The van der Waals surface area contributed by atoms with Crippen LogP contribution in [0.25, 0.3) is 0 Å². The predicted octanol–water partition coefficient (Wildman–Crippen LogP) is 3.09. The molecule has 3 aromatic rings. The SMILES string of the molecule is O=C(c1ccc(NCCc2ccccc2)nn1)N1CCN(c2ccccc2)CC1. The first-order valence-corrected chi connectivity index (χ1v) is 10.0. The zero-order chi connectivity index (χ0) is 19.9. The fraction of sp³-hybridized carbons (Fsp3) is 0.261. The molecule has 29 heavy (non-hydrogen) atoms. The lowest BCUT2D eigenvalue weighted by molar-refractivity contribution is 0.0739. The van der Waals surface area contributed by atoms with Gasteiger partial charge in [0.05, 0.1) is 0 Å². The molecule has 1 aliphatic heterocycles. The number of para-hydroxylation sites is 1. The van der Waals surface area contributed by atoms with Gasteiger partial charge >= 0.3 is 0 Å². The molecular weight excluding hydrogens is 362 g/mol. The van der Waals surface area contributed by atoms with Crippen molar-refractivity contribution < 1.29 is 4.79 Å². The van der Waals surface area contributed by atoms with Gasteiger partial charge in [0, 0.05) is 38.4 Å². The van der Waals surface area contributed by atoms with Crippen LogP contribution in [0, 0.1) is 0 Å². The second kappa shape index (κ2) is 9.19. The van der Waals surface area contributed by atoms with Gasteiger partial charge in [0.2, 0.25) is 0 Å². The first-order valence-electron chi connectivity index (χ1n) is 10.0. The van der Waals surface area contributed by atoms with Crippen LogP contribution >= 0.6 is 0 Å². The van der Waals surface area contributed by atoms with Gasteiger partial charge in [-0.15, -0.1) is 10.2 Å². The molecule has 2 aromatic carbocycles. The number of benzene rings is 2. The van der Waals surface area contributed by atoms with Gasteiger partial charge in [0.25, 0.3) is 5.91 Å². The van der Waals surface area contributed by atoms with E-state index in [0.29, 0.717) is 24.6 Å².